The van der Waals surface area contributed by atoms with E-state index in [2.05, 4.69) is 9.72 Å². The number of nitrogens with two attached hydrogens (primary N) is 1. The lowest BCUT2D eigenvalue weighted by atomic mass is 10.1. The first kappa shape index (κ1) is 13.1. The fourth-order valence-electron chi connectivity index (χ4n) is 1.07. The highest BCUT2D eigenvalue weighted by Gasteiger charge is 2.18. The largest absolute Gasteiger partial charge is 0.469 e. The van der Waals surface area contributed by atoms with Gasteiger partial charge in [0, 0.05) is 11.8 Å². The lowest BCUT2D eigenvalue weighted by molar-refractivity contribution is -0.139. The fourth-order valence-corrected chi connectivity index (χ4v) is 1.79. The van der Waals surface area contributed by atoms with E-state index in [1.165, 1.54) is 13.3 Å². The molecule has 2 N–H and O–H groups in total. The molecule has 1 aromatic rings. The normalized spacial score (nSPS) is 10.6. The molecule has 0 amide bonds. The number of pyridine rings is 1. The molecule has 1 aromatic heterocycles. The Bertz CT molecular complexity index is 413. The number of aromatic nitrogens is 1. The van der Waals surface area contributed by atoms with Crippen molar-refractivity contribution in [1.82, 2.24) is 4.98 Å². The number of ether oxygens (including phenoxy) is 1. The van der Waals surface area contributed by atoms with Gasteiger partial charge in [0.1, 0.15) is 5.69 Å². The molecule has 0 spiro atoms. The number of alkyl halides is 2. The Hall–Kier alpha value is -0.990. The highest BCUT2D eigenvalue weighted by molar-refractivity contribution is 14.1. The van der Waals surface area contributed by atoms with Crippen molar-refractivity contribution in [2.24, 2.45) is 0 Å². The first-order valence-corrected chi connectivity index (χ1v) is 5.33. The van der Waals surface area contributed by atoms with Crippen molar-refractivity contribution in [2.75, 3.05) is 12.8 Å². The number of rotatable bonds is 3. The molecule has 0 aliphatic heterocycles. The van der Waals surface area contributed by atoms with Crippen LogP contribution in [0, 0.1) is 3.57 Å². The summed E-state index contributed by atoms with van der Waals surface area (Å²) >= 11 is 1.68. The van der Waals surface area contributed by atoms with Crippen molar-refractivity contribution >= 4 is 34.2 Å². The van der Waals surface area contributed by atoms with Crippen molar-refractivity contribution < 1.29 is 18.3 Å². The Morgan fingerprint density at radius 1 is 1.69 bits per heavy atom. The van der Waals surface area contributed by atoms with Gasteiger partial charge in [-0.1, -0.05) is 0 Å². The number of anilines is 1. The number of esters is 1. The first-order chi connectivity index (χ1) is 7.47. The summed E-state index contributed by atoms with van der Waals surface area (Å²) < 4.78 is 29.5. The van der Waals surface area contributed by atoms with Crippen LogP contribution in [0.2, 0.25) is 0 Å². The van der Waals surface area contributed by atoms with Crippen LogP contribution in [0.3, 0.4) is 0 Å². The van der Waals surface area contributed by atoms with Gasteiger partial charge in [0.2, 0.25) is 0 Å². The SMILES string of the molecule is COC(=O)Cc1cnc(C(F)F)c(I)c1N. The van der Waals surface area contributed by atoms with Crippen LogP contribution in [0.1, 0.15) is 17.7 Å². The lowest BCUT2D eigenvalue weighted by Crippen LogP contribution is -2.10. The summed E-state index contributed by atoms with van der Waals surface area (Å²) in [5, 5.41) is 0. The maximum absolute atomic E-state index is 12.5. The van der Waals surface area contributed by atoms with Crippen LogP contribution in [0.25, 0.3) is 0 Å². The van der Waals surface area contributed by atoms with Gasteiger partial charge in [-0.05, 0) is 22.6 Å². The topological polar surface area (TPSA) is 65.2 Å². The van der Waals surface area contributed by atoms with Gasteiger partial charge in [0.05, 0.1) is 22.8 Å². The number of halogens is 3. The average molecular weight is 342 g/mol. The van der Waals surface area contributed by atoms with E-state index in [1.807, 2.05) is 0 Å². The predicted octanol–water partition coefficient (Wildman–Crippen LogP) is 1.92. The molecule has 0 unspecified atom stereocenters. The van der Waals surface area contributed by atoms with Crippen LogP contribution in [0.5, 0.6) is 0 Å². The van der Waals surface area contributed by atoms with Gasteiger partial charge in [0.25, 0.3) is 6.43 Å². The van der Waals surface area contributed by atoms with Gasteiger partial charge in [-0.3, -0.25) is 9.78 Å². The Morgan fingerprint density at radius 3 is 2.81 bits per heavy atom. The third kappa shape index (κ3) is 2.77. The number of nitrogen functional groups attached to an aromatic ring is 1. The monoisotopic (exact) mass is 342 g/mol. The average Bonchev–Trinajstić information content (AvgIpc) is 2.24. The van der Waals surface area contributed by atoms with Crippen molar-refractivity contribution in [1.29, 1.82) is 0 Å². The molecule has 0 bridgehead atoms. The van der Waals surface area contributed by atoms with E-state index >= 15 is 0 Å². The lowest BCUT2D eigenvalue weighted by Gasteiger charge is -2.09. The van der Waals surface area contributed by atoms with Gasteiger partial charge in [-0.15, -0.1) is 0 Å². The molecule has 0 saturated carbocycles. The van der Waals surface area contributed by atoms with Crippen molar-refractivity contribution in [2.45, 2.75) is 12.8 Å². The van der Waals surface area contributed by atoms with Crippen LogP contribution in [0.4, 0.5) is 14.5 Å². The summed E-state index contributed by atoms with van der Waals surface area (Å²) in [5.41, 5.74) is 5.81. The number of nitrogens with zero attached hydrogens (tertiary/aromatic N) is 1. The molecule has 0 aliphatic carbocycles. The Morgan fingerprint density at radius 2 is 2.31 bits per heavy atom. The van der Waals surface area contributed by atoms with Gasteiger partial charge >= 0.3 is 5.97 Å². The van der Waals surface area contributed by atoms with E-state index in [-0.39, 0.29) is 21.4 Å². The Labute approximate surface area is 104 Å². The van der Waals surface area contributed by atoms with E-state index in [0.717, 1.165) is 0 Å². The molecule has 0 saturated heterocycles. The second kappa shape index (κ2) is 5.37. The van der Waals surface area contributed by atoms with Crippen LogP contribution < -0.4 is 5.73 Å². The van der Waals surface area contributed by atoms with Crippen molar-refractivity contribution in [3.05, 3.63) is 21.0 Å². The minimum Gasteiger partial charge on any atom is -0.469 e. The minimum absolute atomic E-state index is 0.0746. The van der Waals surface area contributed by atoms with E-state index in [0.29, 0.717) is 5.56 Å². The van der Waals surface area contributed by atoms with E-state index in [1.54, 1.807) is 22.6 Å². The zero-order chi connectivity index (χ0) is 12.3. The molecular formula is C9H9F2IN2O2. The number of hydrogen-bond donors (Lipinski definition) is 1. The van der Waals surface area contributed by atoms with Crippen molar-refractivity contribution in [3.63, 3.8) is 0 Å². The third-order valence-corrected chi connectivity index (χ3v) is 3.07. The van der Waals surface area contributed by atoms with Crippen LogP contribution in [0.15, 0.2) is 6.20 Å². The van der Waals surface area contributed by atoms with Gasteiger partial charge in [-0.25, -0.2) is 8.78 Å². The number of hydrogen-bond acceptors (Lipinski definition) is 4. The highest BCUT2D eigenvalue weighted by Crippen LogP contribution is 2.28. The molecule has 88 valence electrons. The minimum atomic E-state index is -2.68. The van der Waals surface area contributed by atoms with E-state index in [9.17, 15) is 13.6 Å². The summed E-state index contributed by atoms with van der Waals surface area (Å²) in [6.45, 7) is 0. The molecule has 4 nitrogen and oxygen atoms in total. The van der Waals surface area contributed by atoms with Gasteiger partial charge in [0.15, 0.2) is 0 Å². The Kier molecular flexibility index (Phi) is 4.39. The second-order valence-corrected chi connectivity index (χ2v) is 4.03. The molecular weight excluding hydrogens is 333 g/mol. The molecule has 0 fully saturated rings. The van der Waals surface area contributed by atoms with E-state index in [4.69, 9.17) is 5.73 Å². The van der Waals surface area contributed by atoms with Crippen LogP contribution >= 0.6 is 22.6 Å². The first-order valence-electron chi connectivity index (χ1n) is 4.25. The smallest absolute Gasteiger partial charge is 0.310 e. The molecule has 7 heteroatoms. The third-order valence-electron chi connectivity index (χ3n) is 1.94. The number of methoxy groups -OCH3 is 1. The number of carbonyl (C=O) groups is 1. The molecule has 1 rings (SSSR count). The molecule has 0 radical (unpaired) electrons. The van der Waals surface area contributed by atoms with Gasteiger partial charge in [-0.2, -0.15) is 0 Å². The molecule has 0 aliphatic rings. The maximum Gasteiger partial charge on any atom is 0.310 e. The summed E-state index contributed by atoms with van der Waals surface area (Å²) in [6, 6.07) is 0. The predicted molar refractivity (Wildman–Crippen MR) is 62.0 cm³/mol. The summed E-state index contributed by atoms with van der Waals surface area (Å²) in [4.78, 5) is 14.6. The Balaban J connectivity index is 3.07. The maximum atomic E-state index is 12.5. The quantitative estimate of drug-likeness (QED) is 0.673. The number of carbonyl (C=O) groups excluding carboxylic acids is 1. The van der Waals surface area contributed by atoms with Crippen LogP contribution in [-0.2, 0) is 16.0 Å². The second-order valence-electron chi connectivity index (χ2n) is 2.95. The zero-order valence-electron chi connectivity index (χ0n) is 8.34. The molecule has 16 heavy (non-hydrogen) atoms. The molecule has 1 heterocycles. The fraction of sp³-hybridized carbons (Fsp3) is 0.333. The van der Waals surface area contributed by atoms with Crippen molar-refractivity contribution in [3.8, 4) is 0 Å². The standard InChI is InChI=1S/C9H9F2IN2O2/c1-16-5(15)2-4-3-14-8(9(10)11)6(12)7(4)13/h3,9H,2H2,1H3,(H2,13,14). The van der Waals surface area contributed by atoms with E-state index < -0.39 is 12.4 Å². The zero-order valence-corrected chi connectivity index (χ0v) is 10.5. The molecule has 0 atom stereocenters. The summed E-state index contributed by atoms with van der Waals surface area (Å²) in [6.07, 6.45) is -1.58. The highest BCUT2D eigenvalue weighted by atomic mass is 127. The van der Waals surface area contributed by atoms with Gasteiger partial charge < -0.3 is 10.5 Å². The summed E-state index contributed by atoms with van der Waals surface area (Å²) in [5.74, 6) is -0.492. The summed E-state index contributed by atoms with van der Waals surface area (Å²) in [7, 11) is 1.24. The molecule has 0 aromatic carbocycles. The van der Waals surface area contributed by atoms with Crippen LogP contribution in [-0.4, -0.2) is 18.1 Å².